The van der Waals surface area contributed by atoms with Crippen molar-refractivity contribution in [2.75, 3.05) is 13.1 Å². The molecular weight excluding hydrogens is 304 g/mol. The standard InChI is InChI=1S/C18H26N4S/c1-4-19-18(22-15(3)16-9-6-5-7-10-16)20-12-8-11-17-21-14(2)13-23-17/h5-7,9-10,13,15H,4,8,11-12H2,1-3H3,(H2,19,20,22). The topological polar surface area (TPSA) is 49.3 Å². The number of hydrogen-bond donors (Lipinski definition) is 2. The molecule has 1 atom stereocenters. The minimum Gasteiger partial charge on any atom is -0.357 e. The summed E-state index contributed by atoms with van der Waals surface area (Å²) in [4.78, 5) is 9.16. The quantitative estimate of drug-likeness (QED) is 0.462. The molecule has 0 aliphatic rings. The maximum absolute atomic E-state index is 4.67. The number of nitrogens with zero attached hydrogens (tertiary/aromatic N) is 2. The molecule has 124 valence electrons. The molecule has 2 aromatic rings. The van der Waals surface area contributed by atoms with Crippen molar-refractivity contribution in [3.8, 4) is 0 Å². The van der Waals surface area contributed by atoms with E-state index in [1.807, 2.05) is 13.0 Å². The van der Waals surface area contributed by atoms with E-state index in [2.05, 4.69) is 64.1 Å². The zero-order chi connectivity index (χ0) is 16.5. The van der Waals surface area contributed by atoms with E-state index in [0.717, 1.165) is 37.6 Å². The lowest BCUT2D eigenvalue weighted by atomic mass is 10.1. The summed E-state index contributed by atoms with van der Waals surface area (Å²) >= 11 is 1.74. The average Bonchev–Trinajstić information content (AvgIpc) is 2.98. The van der Waals surface area contributed by atoms with E-state index >= 15 is 0 Å². The Morgan fingerprint density at radius 3 is 2.74 bits per heavy atom. The lowest BCUT2D eigenvalue weighted by Gasteiger charge is -2.18. The Balaban J connectivity index is 1.84. The van der Waals surface area contributed by atoms with Gasteiger partial charge in [0, 0.05) is 30.6 Å². The molecule has 2 rings (SSSR count). The number of aromatic nitrogens is 1. The molecule has 0 radical (unpaired) electrons. The Bertz CT molecular complexity index is 606. The molecule has 5 heteroatoms. The van der Waals surface area contributed by atoms with Gasteiger partial charge in [-0.15, -0.1) is 11.3 Å². The summed E-state index contributed by atoms with van der Waals surface area (Å²) in [6.45, 7) is 7.94. The molecular formula is C18H26N4S. The Hall–Kier alpha value is -1.88. The number of rotatable bonds is 7. The first-order valence-electron chi connectivity index (χ1n) is 8.20. The van der Waals surface area contributed by atoms with Crippen LogP contribution in [0.2, 0.25) is 0 Å². The van der Waals surface area contributed by atoms with E-state index in [1.165, 1.54) is 10.6 Å². The third kappa shape index (κ3) is 6.02. The summed E-state index contributed by atoms with van der Waals surface area (Å²) in [7, 11) is 0. The van der Waals surface area contributed by atoms with Crippen molar-refractivity contribution in [3.05, 3.63) is 52.0 Å². The van der Waals surface area contributed by atoms with Crippen molar-refractivity contribution in [2.24, 2.45) is 4.99 Å². The molecule has 2 N–H and O–H groups in total. The van der Waals surface area contributed by atoms with Crippen molar-refractivity contribution < 1.29 is 0 Å². The molecule has 0 saturated carbocycles. The van der Waals surface area contributed by atoms with Crippen LogP contribution in [0.1, 0.15) is 42.6 Å². The Morgan fingerprint density at radius 2 is 2.09 bits per heavy atom. The van der Waals surface area contributed by atoms with Crippen LogP contribution in [-0.2, 0) is 6.42 Å². The first-order valence-corrected chi connectivity index (χ1v) is 9.07. The minimum atomic E-state index is 0.232. The van der Waals surface area contributed by atoms with E-state index in [-0.39, 0.29) is 6.04 Å². The van der Waals surface area contributed by atoms with Crippen LogP contribution >= 0.6 is 11.3 Å². The van der Waals surface area contributed by atoms with Crippen molar-refractivity contribution in [1.29, 1.82) is 0 Å². The SMILES string of the molecule is CCNC(=NCCCc1nc(C)cs1)NC(C)c1ccccc1. The van der Waals surface area contributed by atoms with Gasteiger partial charge < -0.3 is 10.6 Å². The molecule has 4 nitrogen and oxygen atoms in total. The summed E-state index contributed by atoms with van der Waals surface area (Å²) in [6, 6.07) is 10.7. The highest BCUT2D eigenvalue weighted by atomic mass is 32.1. The van der Waals surface area contributed by atoms with Crippen LogP contribution < -0.4 is 10.6 Å². The number of aliphatic imine (C=N–C) groups is 1. The number of nitrogens with one attached hydrogen (secondary N) is 2. The van der Waals surface area contributed by atoms with Crippen molar-refractivity contribution in [2.45, 2.75) is 39.7 Å². The van der Waals surface area contributed by atoms with Crippen LogP contribution in [0.3, 0.4) is 0 Å². The molecule has 0 spiro atoms. The van der Waals surface area contributed by atoms with Gasteiger partial charge in [-0.25, -0.2) is 4.98 Å². The maximum atomic E-state index is 4.67. The van der Waals surface area contributed by atoms with Gasteiger partial charge >= 0.3 is 0 Å². The van der Waals surface area contributed by atoms with Crippen molar-refractivity contribution >= 4 is 17.3 Å². The molecule has 0 amide bonds. The summed E-state index contributed by atoms with van der Waals surface area (Å²) in [5.74, 6) is 0.874. The van der Waals surface area contributed by atoms with Crippen LogP contribution in [-0.4, -0.2) is 24.0 Å². The van der Waals surface area contributed by atoms with Gasteiger partial charge in [-0.2, -0.15) is 0 Å². The zero-order valence-electron chi connectivity index (χ0n) is 14.2. The highest BCUT2D eigenvalue weighted by Gasteiger charge is 2.06. The summed E-state index contributed by atoms with van der Waals surface area (Å²) in [5, 5.41) is 10.1. The van der Waals surface area contributed by atoms with Gasteiger partial charge in [0.2, 0.25) is 0 Å². The summed E-state index contributed by atoms with van der Waals surface area (Å²) in [5.41, 5.74) is 2.37. The second-order valence-electron chi connectivity index (χ2n) is 5.52. The first-order chi connectivity index (χ1) is 11.2. The highest BCUT2D eigenvalue weighted by molar-refractivity contribution is 7.09. The fourth-order valence-electron chi connectivity index (χ4n) is 2.29. The number of thiazole rings is 1. The summed E-state index contributed by atoms with van der Waals surface area (Å²) in [6.07, 6.45) is 2.01. The Kier molecular flexibility index (Phi) is 7.07. The smallest absolute Gasteiger partial charge is 0.191 e. The van der Waals surface area contributed by atoms with Crippen LogP contribution in [0.5, 0.6) is 0 Å². The Morgan fingerprint density at radius 1 is 1.30 bits per heavy atom. The zero-order valence-corrected chi connectivity index (χ0v) is 15.0. The summed E-state index contributed by atoms with van der Waals surface area (Å²) < 4.78 is 0. The fourth-order valence-corrected chi connectivity index (χ4v) is 3.11. The van der Waals surface area contributed by atoms with E-state index in [4.69, 9.17) is 0 Å². The van der Waals surface area contributed by atoms with Crippen LogP contribution in [0.25, 0.3) is 0 Å². The number of hydrogen-bond acceptors (Lipinski definition) is 3. The minimum absolute atomic E-state index is 0.232. The van der Waals surface area contributed by atoms with Crippen molar-refractivity contribution in [3.63, 3.8) is 0 Å². The molecule has 0 bridgehead atoms. The van der Waals surface area contributed by atoms with Gasteiger partial charge in [-0.3, -0.25) is 4.99 Å². The van der Waals surface area contributed by atoms with Crippen LogP contribution in [0.4, 0.5) is 0 Å². The number of guanidine groups is 1. The third-order valence-electron chi connectivity index (χ3n) is 3.48. The lowest BCUT2D eigenvalue weighted by molar-refractivity contribution is 0.683. The van der Waals surface area contributed by atoms with E-state index in [9.17, 15) is 0 Å². The average molecular weight is 331 g/mol. The van der Waals surface area contributed by atoms with Gasteiger partial charge in [0.15, 0.2) is 5.96 Å². The molecule has 0 aliphatic heterocycles. The number of benzene rings is 1. The van der Waals surface area contributed by atoms with Gasteiger partial charge in [0.1, 0.15) is 0 Å². The molecule has 0 aliphatic carbocycles. The molecule has 0 saturated heterocycles. The molecule has 0 fully saturated rings. The van der Waals surface area contributed by atoms with Gasteiger partial charge in [-0.1, -0.05) is 30.3 Å². The monoisotopic (exact) mass is 330 g/mol. The van der Waals surface area contributed by atoms with E-state index in [1.54, 1.807) is 11.3 Å². The molecule has 1 heterocycles. The second-order valence-corrected chi connectivity index (χ2v) is 6.47. The highest BCUT2D eigenvalue weighted by Crippen LogP contribution is 2.12. The first kappa shape index (κ1) is 17.5. The second kappa shape index (κ2) is 9.30. The predicted octanol–water partition coefficient (Wildman–Crippen LogP) is 3.70. The van der Waals surface area contributed by atoms with Crippen molar-refractivity contribution in [1.82, 2.24) is 15.6 Å². The third-order valence-corrected chi connectivity index (χ3v) is 4.51. The largest absolute Gasteiger partial charge is 0.357 e. The normalized spacial score (nSPS) is 12.9. The number of aryl methyl sites for hydroxylation is 2. The van der Waals surface area contributed by atoms with Crippen LogP contribution in [0, 0.1) is 6.92 Å². The van der Waals surface area contributed by atoms with Gasteiger partial charge in [0.25, 0.3) is 0 Å². The maximum Gasteiger partial charge on any atom is 0.191 e. The van der Waals surface area contributed by atoms with Gasteiger partial charge in [-0.05, 0) is 32.8 Å². The fraction of sp³-hybridized carbons (Fsp3) is 0.444. The van der Waals surface area contributed by atoms with Crippen LogP contribution in [0.15, 0.2) is 40.7 Å². The molecule has 1 aromatic carbocycles. The predicted molar refractivity (Wildman–Crippen MR) is 99.1 cm³/mol. The molecule has 1 unspecified atom stereocenters. The Labute approximate surface area is 143 Å². The van der Waals surface area contributed by atoms with E-state index in [0.29, 0.717) is 0 Å². The molecule has 1 aromatic heterocycles. The van der Waals surface area contributed by atoms with Gasteiger partial charge in [0.05, 0.1) is 11.0 Å². The van der Waals surface area contributed by atoms with E-state index < -0.39 is 0 Å². The lowest BCUT2D eigenvalue weighted by Crippen LogP contribution is -2.38. The molecule has 23 heavy (non-hydrogen) atoms.